The molecule has 1 amide bonds. The van der Waals surface area contributed by atoms with Crippen LogP contribution in [0.25, 0.3) is 0 Å². The van der Waals surface area contributed by atoms with E-state index < -0.39 is 17.4 Å². The van der Waals surface area contributed by atoms with Crippen LogP contribution < -0.4 is 11.1 Å². The third-order valence-electron chi connectivity index (χ3n) is 2.80. The third-order valence-corrected chi connectivity index (χ3v) is 2.80. The number of nitrogens with zero attached hydrogens (tertiary/aromatic N) is 1. The molecule has 90 valence electrons. The molecule has 1 aromatic heterocycles. The maximum absolute atomic E-state index is 11.8. The first kappa shape index (κ1) is 11.5. The Morgan fingerprint density at radius 1 is 1.53 bits per heavy atom. The molecule has 1 heterocycles. The van der Waals surface area contributed by atoms with E-state index in [0.29, 0.717) is 24.1 Å². The molecule has 2 rings (SSSR count). The van der Waals surface area contributed by atoms with Crippen LogP contribution in [0.2, 0.25) is 0 Å². The molecular formula is C11H13N3O3. The zero-order valence-electron chi connectivity index (χ0n) is 9.14. The zero-order valence-corrected chi connectivity index (χ0v) is 9.14. The fraction of sp³-hybridized carbons (Fsp3) is 0.364. The van der Waals surface area contributed by atoms with Crippen molar-refractivity contribution in [3.05, 3.63) is 29.6 Å². The van der Waals surface area contributed by atoms with Gasteiger partial charge in [-0.2, -0.15) is 0 Å². The summed E-state index contributed by atoms with van der Waals surface area (Å²) in [5.41, 5.74) is 5.33. The average Bonchev–Trinajstić information content (AvgIpc) is 3.10. The number of amides is 1. The van der Waals surface area contributed by atoms with Crippen LogP contribution in [-0.4, -0.2) is 27.5 Å². The van der Waals surface area contributed by atoms with Gasteiger partial charge in [0.05, 0.1) is 5.69 Å². The Bertz CT molecular complexity index is 469. The van der Waals surface area contributed by atoms with Gasteiger partial charge < -0.3 is 16.2 Å². The fourth-order valence-corrected chi connectivity index (χ4v) is 1.54. The second-order valence-corrected chi connectivity index (χ2v) is 4.08. The van der Waals surface area contributed by atoms with Crippen LogP contribution in [0, 0.1) is 0 Å². The number of pyridine rings is 1. The van der Waals surface area contributed by atoms with Crippen LogP contribution in [-0.2, 0) is 11.3 Å². The predicted molar refractivity (Wildman–Crippen MR) is 59.2 cm³/mol. The maximum atomic E-state index is 11.8. The lowest BCUT2D eigenvalue weighted by atomic mass is 10.2. The van der Waals surface area contributed by atoms with E-state index in [2.05, 4.69) is 10.3 Å². The highest BCUT2D eigenvalue weighted by molar-refractivity contribution is 5.98. The lowest BCUT2D eigenvalue weighted by molar-refractivity contribution is -0.140. The molecule has 17 heavy (non-hydrogen) atoms. The van der Waals surface area contributed by atoms with Crippen molar-refractivity contribution in [1.29, 1.82) is 0 Å². The number of hydrogen-bond donors (Lipinski definition) is 3. The molecule has 0 unspecified atom stereocenters. The van der Waals surface area contributed by atoms with Crippen molar-refractivity contribution in [3.63, 3.8) is 0 Å². The molecule has 0 saturated heterocycles. The molecular weight excluding hydrogens is 222 g/mol. The number of hydrogen-bond acceptors (Lipinski definition) is 4. The Hall–Kier alpha value is -1.95. The van der Waals surface area contributed by atoms with Crippen molar-refractivity contribution < 1.29 is 14.7 Å². The summed E-state index contributed by atoms with van der Waals surface area (Å²) in [6, 6.07) is 3.10. The van der Waals surface area contributed by atoms with E-state index in [1.165, 1.54) is 12.3 Å². The first-order valence-electron chi connectivity index (χ1n) is 5.28. The summed E-state index contributed by atoms with van der Waals surface area (Å²) in [6.45, 7) is 0.241. The van der Waals surface area contributed by atoms with E-state index in [4.69, 9.17) is 10.8 Å². The standard InChI is InChI=1S/C11H13N3O3/c12-6-8-5-7(1-4-13-8)9(15)14-11(2-3-11)10(16)17/h1,4-5H,2-3,6,12H2,(H,14,15)(H,16,17). The molecule has 0 aliphatic heterocycles. The SMILES string of the molecule is NCc1cc(C(=O)NC2(C(=O)O)CC2)ccn1. The molecule has 0 bridgehead atoms. The molecule has 1 saturated carbocycles. The molecule has 0 spiro atoms. The van der Waals surface area contributed by atoms with Gasteiger partial charge in [0.2, 0.25) is 0 Å². The van der Waals surface area contributed by atoms with Gasteiger partial charge in [0, 0.05) is 18.3 Å². The first-order valence-corrected chi connectivity index (χ1v) is 5.28. The Labute approximate surface area is 97.8 Å². The van der Waals surface area contributed by atoms with Gasteiger partial charge >= 0.3 is 5.97 Å². The summed E-state index contributed by atoms with van der Waals surface area (Å²) in [7, 11) is 0. The van der Waals surface area contributed by atoms with Gasteiger partial charge in [-0.05, 0) is 25.0 Å². The normalized spacial score (nSPS) is 16.3. The van der Waals surface area contributed by atoms with Crippen LogP contribution in [0.3, 0.4) is 0 Å². The Morgan fingerprint density at radius 2 is 2.24 bits per heavy atom. The highest BCUT2D eigenvalue weighted by atomic mass is 16.4. The lowest BCUT2D eigenvalue weighted by Gasteiger charge is -2.12. The number of carbonyl (C=O) groups excluding carboxylic acids is 1. The number of nitrogens with one attached hydrogen (secondary N) is 1. The monoisotopic (exact) mass is 235 g/mol. The van der Waals surface area contributed by atoms with E-state index in [9.17, 15) is 9.59 Å². The van der Waals surface area contributed by atoms with Crippen LogP contribution in [0.1, 0.15) is 28.9 Å². The quantitative estimate of drug-likeness (QED) is 0.675. The molecule has 1 fully saturated rings. The highest BCUT2D eigenvalue weighted by Crippen LogP contribution is 2.35. The molecule has 0 atom stereocenters. The number of carboxylic acid groups (broad SMARTS) is 1. The van der Waals surface area contributed by atoms with Gasteiger partial charge in [-0.1, -0.05) is 0 Å². The summed E-state index contributed by atoms with van der Waals surface area (Å²) in [5.74, 6) is -1.39. The largest absolute Gasteiger partial charge is 0.480 e. The number of carboxylic acids is 1. The second kappa shape index (κ2) is 4.14. The van der Waals surface area contributed by atoms with E-state index in [1.807, 2.05) is 0 Å². The summed E-state index contributed by atoms with van der Waals surface area (Å²) in [5, 5.41) is 11.5. The first-order chi connectivity index (χ1) is 8.07. The van der Waals surface area contributed by atoms with Crippen molar-refractivity contribution >= 4 is 11.9 Å². The van der Waals surface area contributed by atoms with Gasteiger partial charge in [0.25, 0.3) is 5.91 Å². The van der Waals surface area contributed by atoms with Gasteiger partial charge in [-0.15, -0.1) is 0 Å². The third kappa shape index (κ3) is 2.26. The van der Waals surface area contributed by atoms with Crippen LogP contribution >= 0.6 is 0 Å². The van der Waals surface area contributed by atoms with Crippen LogP contribution in [0.5, 0.6) is 0 Å². The molecule has 0 aromatic carbocycles. The number of aliphatic carboxylic acids is 1. The number of nitrogens with two attached hydrogens (primary N) is 1. The summed E-state index contributed by atoms with van der Waals surface area (Å²) in [6.07, 6.45) is 2.43. The molecule has 6 nitrogen and oxygen atoms in total. The Balaban J connectivity index is 2.12. The molecule has 1 aromatic rings. The number of aromatic nitrogens is 1. The van der Waals surface area contributed by atoms with Crippen LogP contribution in [0.15, 0.2) is 18.3 Å². The molecule has 0 radical (unpaired) electrons. The maximum Gasteiger partial charge on any atom is 0.329 e. The number of rotatable bonds is 4. The Kier molecular flexibility index (Phi) is 2.81. The second-order valence-electron chi connectivity index (χ2n) is 4.08. The van der Waals surface area contributed by atoms with Gasteiger partial charge in [0.15, 0.2) is 0 Å². The molecule has 1 aliphatic carbocycles. The summed E-state index contributed by atoms with van der Waals surface area (Å²) >= 11 is 0. The van der Waals surface area contributed by atoms with Crippen molar-refractivity contribution in [2.45, 2.75) is 24.9 Å². The average molecular weight is 235 g/mol. The van der Waals surface area contributed by atoms with E-state index >= 15 is 0 Å². The molecule has 6 heteroatoms. The highest BCUT2D eigenvalue weighted by Gasteiger charge is 2.51. The van der Waals surface area contributed by atoms with Crippen molar-refractivity contribution in [2.24, 2.45) is 5.73 Å². The van der Waals surface area contributed by atoms with Crippen molar-refractivity contribution in [2.75, 3.05) is 0 Å². The van der Waals surface area contributed by atoms with Gasteiger partial charge in [0.1, 0.15) is 5.54 Å². The topological polar surface area (TPSA) is 105 Å². The molecule has 1 aliphatic rings. The van der Waals surface area contributed by atoms with Crippen molar-refractivity contribution in [3.8, 4) is 0 Å². The predicted octanol–water partition coefficient (Wildman–Crippen LogP) is -0.113. The van der Waals surface area contributed by atoms with Crippen LogP contribution in [0.4, 0.5) is 0 Å². The molecule has 4 N–H and O–H groups in total. The van der Waals surface area contributed by atoms with Gasteiger partial charge in [-0.3, -0.25) is 9.78 Å². The minimum Gasteiger partial charge on any atom is -0.480 e. The van der Waals surface area contributed by atoms with Crippen molar-refractivity contribution in [1.82, 2.24) is 10.3 Å². The minimum atomic E-state index is -1.07. The Morgan fingerprint density at radius 3 is 2.76 bits per heavy atom. The van der Waals surface area contributed by atoms with E-state index in [1.54, 1.807) is 6.07 Å². The minimum absolute atomic E-state index is 0.241. The van der Waals surface area contributed by atoms with E-state index in [-0.39, 0.29) is 6.54 Å². The van der Waals surface area contributed by atoms with E-state index in [0.717, 1.165) is 0 Å². The number of carbonyl (C=O) groups is 2. The van der Waals surface area contributed by atoms with Gasteiger partial charge in [-0.25, -0.2) is 4.79 Å². The smallest absolute Gasteiger partial charge is 0.329 e. The zero-order chi connectivity index (χ0) is 12.5. The lowest BCUT2D eigenvalue weighted by Crippen LogP contribution is -2.43. The summed E-state index contributed by atoms with van der Waals surface area (Å²) in [4.78, 5) is 26.7. The summed E-state index contributed by atoms with van der Waals surface area (Å²) < 4.78 is 0. The fourth-order valence-electron chi connectivity index (χ4n) is 1.54.